The van der Waals surface area contributed by atoms with Crippen LogP contribution in [0.4, 0.5) is 5.69 Å². The van der Waals surface area contributed by atoms with E-state index in [0.717, 1.165) is 5.56 Å². The topological polar surface area (TPSA) is 49.8 Å². The average Bonchev–Trinajstić information content (AvgIpc) is 2.48. The Hall–Kier alpha value is -2.49. The molecule has 2 aromatic rings. The predicted molar refractivity (Wildman–Crippen MR) is 83.2 cm³/mol. The minimum absolute atomic E-state index is 0.134. The van der Waals surface area contributed by atoms with Crippen LogP contribution in [-0.2, 0) is 0 Å². The number of carbonyl (C=O) groups excluding carboxylic acids is 1. The lowest BCUT2D eigenvalue weighted by molar-refractivity contribution is 0.0985. The van der Waals surface area contributed by atoms with E-state index in [1.807, 2.05) is 26.0 Å². The number of phenolic OH excluding ortho intramolecular Hbond substituents is 1. The maximum atomic E-state index is 12.8. The second kappa shape index (κ2) is 6.31. The van der Waals surface area contributed by atoms with E-state index >= 15 is 0 Å². The number of phenols is 1. The Morgan fingerprint density at radius 2 is 2.00 bits per heavy atom. The highest BCUT2D eigenvalue weighted by atomic mass is 16.5. The third kappa shape index (κ3) is 3.16. The summed E-state index contributed by atoms with van der Waals surface area (Å²) in [5.41, 5.74) is 2.17. The summed E-state index contributed by atoms with van der Waals surface area (Å²) in [7, 11) is 1.55. The molecule has 2 aromatic carbocycles. The number of hydrogen-bond acceptors (Lipinski definition) is 3. The van der Waals surface area contributed by atoms with Crippen LogP contribution in [0.3, 0.4) is 0 Å². The minimum Gasteiger partial charge on any atom is -0.508 e. The minimum atomic E-state index is -0.149. The lowest BCUT2D eigenvalue weighted by Gasteiger charge is -2.22. The van der Waals surface area contributed by atoms with Crippen molar-refractivity contribution in [3.63, 3.8) is 0 Å². The molecule has 0 bridgehead atoms. The Morgan fingerprint density at radius 3 is 2.62 bits per heavy atom. The molecule has 0 heterocycles. The van der Waals surface area contributed by atoms with Crippen LogP contribution in [0, 0.1) is 6.92 Å². The maximum absolute atomic E-state index is 12.8. The number of aromatic hydroxyl groups is 1. The van der Waals surface area contributed by atoms with Gasteiger partial charge in [0.1, 0.15) is 11.5 Å². The van der Waals surface area contributed by atoms with E-state index in [-0.39, 0.29) is 11.7 Å². The first-order valence-electron chi connectivity index (χ1n) is 6.82. The van der Waals surface area contributed by atoms with Crippen LogP contribution in [0.2, 0.25) is 0 Å². The first-order chi connectivity index (χ1) is 10.1. The van der Waals surface area contributed by atoms with Crippen molar-refractivity contribution in [2.75, 3.05) is 18.6 Å². The highest BCUT2D eigenvalue weighted by Gasteiger charge is 2.20. The smallest absolute Gasteiger partial charge is 0.262 e. The molecule has 0 saturated heterocycles. The Morgan fingerprint density at radius 1 is 1.24 bits per heavy atom. The molecule has 0 radical (unpaired) electrons. The van der Waals surface area contributed by atoms with Crippen LogP contribution >= 0.6 is 0 Å². The van der Waals surface area contributed by atoms with Crippen molar-refractivity contribution in [2.24, 2.45) is 0 Å². The van der Waals surface area contributed by atoms with E-state index in [0.29, 0.717) is 23.5 Å². The van der Waals surface area contributed by atoms with Gasteiger partial charge in [-0.15, -0.1) is 0 Å². The quantitative estimate of drug-likeness (QED) is 0.937. The standard InChI is InChI=1S/C17H19NO3/c1-4-18(13-6-5-7-14(19)11-13)17(20)15-10-12(2)8-9-16(15)21-3/h5-11,19H,4H2,1-3H3. The van der Waals surface area contributed by atoms with Crippen molar-refractivity contribution in [3.05, 3.63) is 53.6 Å². The summed E-state index contributed by atoms with van der Waals surface area (Å²) in [6.07, 6.45) is 0. The van der Waals surface area contributed by atoms with Gasteiger partial charge < -0.3 is 14.7 Å². The zero-order chi connectivity index (χ0) is 15.4. The normalized spacial score (nSPS) is 10.2. The van der Waals surface area contributed by atoms with Crippen LogP contribution in [0.1, 0.15) is 22.8 Å². The number of aryl methyl sites for hydroxylation is 1. The van der Waals surface area contributed by atoms with Crippen molar-refractivity contribution in [1.29, 1.82) is 0 Å². The number of ether oxygens (including phenoxy) is 1. The van der Waals surface area contributed by atoms with E-state index in [9.17, 15) is 9.90 Å². The van der Waals surface area contributed by atoms with Gasteiger partial charge in [0.05, 0.1) is 12.7 Å². The van der Waals surface area contributed by atoms with E-state index in [1.165, 1.54) is 0 Å². The summed E-state index contributed by atoms with van der Waals surface area (Å²) in [6.45, 7) is 4.32. The fraction of sp³-hybridized carbons (Fsp3) is 0.235. The molecule has 0 fully saturated rings. The van der Waals surface area contributed by atoms with E-state index < -0.39 is 0 Å². The molecule has 2 rings (SSSR count). The van der Waals surface area contributed by atoms with E-state index in [1.54, 1.807) is 42.3 Å². The fourth-order valence-corrected chi connectivity index (χ4v) is 2.24. The molecule has 21 heavy (non-hydrogen) atoms. The molecule has 0 saturated carbocycles. The summed E-state index contributed by atoms with van der Waals surface area (Å²) in [5, 5.41) is 9.59. The molecular formula is C17H19NO3. The van der Waals surface area contributed by atoms with E-state index in [4.69, 9.17) is 4.74 Å². The summed E-state index contributed by atoms with van der Waals surface area (Å²) in [4.78, 5) is 14.4. The van der Waals surface area contributed by atoms with Crippen LogP contribution in [0.25, 0.3) is 0 Å². The van der Waals surface area contributed by atoms with Crippen LogP contribution in [0.5, 0.6) is 11.5 Å². The van der Waals surface area contributed by atoms with Crippen molar-refractivity contribution in [2.45, 2.75) is 13.8 Å². The van der Waals surface area contributed by atoms with Crippen LogP contribution in [0.15, 0.2) is 42.5 Å². The monoisotopic (exact) mass is 285 g/mol. The fourth-order valence-electron chi connectivity index (χ4n) is 2.24. The number of methoxy groups -OCH3 is 1. The van der Waals surface area contributed by atoms with Crippen LogP contribution in [-0.4, -0.2) is 24.7 Å². The van der Waals surface area contributed by atoms with Gasteiger partial charge in [-0.3, -0.25) is 4.79 Å². The highest BCUT2D eigenvalue weighted by molar-refractivity contribution is 6.08. The molecule has 4 nitrogen and oxygen atoms in total. The van der Waals surface area contributed by atoms with Gasteiger partial charge in [0.2, 0.25) is 0 Å². The summed E-state index contributed by atoms with van der Waals surface area (Å²) >= 11 is 0. The second-order valence-corrected chi connectivity index (χ2v) is 4.77. The number of nitrogens with zero attached hydrogens (tertiary/aromatic N) is 1. The number of rotatable bonds is 4. The Labute approximate surface area is 124 Å². The molecule has 110 valence electrons. The molecule has 0 aromatic heterocycles. The molecule has 1 amide bonds. The van der Waals surface area contributed by atoms with Gasteiger partial charge in [-0.05, 0) is 38.1 Å². The SMILES string of the molecule is CCN(C(=O)c1cc(C)ccc1OC)c1cccc(O)c1. The van der Waals surface area contributed by atoms with Gasteiger partial charge >= 0.3 is 0 Å². The van der Waals surface area contributed by atoms with Gasteiger partial charge in [-0.1, -0.05) is 17.7 Å². The molecule has 4 heteroatoms. The van der Waals surface area contributed by atoms with Gasteiger partial charge in [-0.25, -0.2) is 0 Å². The van der Waals surface area contributed by atoms with Gasteiger partial charge in [0.15, 0.2) is 0 Å². The summed E-state index contributed by atoms with van der Waals surface area (Å²) in [6, 6.07) is 12.2. The zero-order valence-electron chi connectivity index (χ0n) is 12.5. The molecule has 0 aliphatic heterocycles. The third-order valence-corrected chi connectivity index (χ3v) is 3.29. The molecule has 0 spiro atoms. The molecule has 0 unspecified atom stereocenters. The zero-order valence-corrected chi connectivity index (χ0v) is 12.5. The summed E-state index contributed by atoms with van der Waals surface area (Å²) < 4.78 is 5.28. The van der Waals surface area contributed by atoms with Crippen molar-refractivity contribution in [3.8, 4) is 11.5 Å². The molecule has 1 N–H and O–H groups in total. The maximum Gasteiger partial charge on any atom is 0.262 e. The number of hydrogen-bond donors (Lipinski definition) is 1. The number of anilines is 1. The van der Waals surface area contributed by atoms with Gasteiger partial charge in [-0.2, -0.15) is 0 Å². The largest absolute Gasteiger partial charge is 0.508 e. The number of carbonyl (C=O) groups is 1. The van der Waals surface area contributed by atoms with Crippen molar-refractivity contribution >= 4 is 11.6 Å². The number of amides is 1. The summed E-state index contributed by atoms with van der Waals surface area (Å²) in [5.74, 6) is 0.530. The lowest BCUT2D eigenvalue weighted by atomic mass is 10.1. The molecule has 0 atom stereocenters. The van der Waals surface area contributed by atoms with Crippen molar-refractivity contribution in [1.82, 2.24) is 0 Å². The third-order valence-electron chi connectivity index (χ3n) is 3.29. The molecule has 0 aliphatic rings. The Kier molecular flexibility index (Phi) is 4.48. The van der Waals surface area contributed by atoms with Crippen LogP contribution < -0.4 is 9.64 Å². The van der Waals surface area contributed by atoms with Crippen molar-refractivity contribution < 1.29 is 14.6 Å². The molecular weight excluding hydrogens is 266 g/mol. The first kappa shape index (κ1) is 14.9. The van der Waals surface area contributed by atoms with E-state index in [2.05, 4.69) is 0 Å². The Balaban J connectivity index is 2.43. The van der Waals surface area contributed by atoms with Gasteiger partial charge in [0.25, 0.3) is 5.91 Å². The first-order valence-corrected chi connectivity index (χ1v) is 6.82. The lowest BCUT2D eigenvalue weighted by Crippen LogP contribution is -2.31. The highest BCUT2D eigenvalue weighted by Crippen LogP contribution is 2.26. The predicted octanol–water partition coefficient (Wildman–Crippen LogP) is 3.38. The Bertz CT molecular complexity index is 652. The average molecular weight is 285 g/mol. The molecule has 0 aliphatic carbocycles. The van der Waals surface area contributed by atoms with Gasteiger partial charge in [0, 0.05) is 18.3 Å². The number of benzene rings is 2. The second-order valence-electron chi connectivity index (χ2n) is 4.77.